The zero-order valence-corrected chi connectivity index (χ0v) is 14.7. The number of amides is 2. The van der Waals surface area contributed by atoms with E-state index in [1.54, 1.807) is 0 Å². The Balaban J connectivity index is 3.03. The first-order valence-electron chi connectivity index (χ1n) is 8.20. The fraction of sp³-hybridized carbons (Fsp3) is 0.882. The Labute approximate surface area is 129 Å². The van der Waals surface area contributed by atoms with Gasteiger partial charge in [0.05, 0.1) is 0 Å². The normalized spacial score (nSPS) is 25.2. The van der Waals surface area contributed by atoms with Gasteiger partial charge in [0.2, 0.25) is 11.8 Å². The number of nitrogens with zero attached hydrogens (tertiary/aromatic N) is 1. The Hall–Kier alpha value is -1.06. The monoisotopic (exact) mass is 296 g/mol. The van der Waals surface area contributed by atoms with E-state index in [1.807, 2.05) is 39.5 Å². The molecule has 1 aliphatic heterocycles. The lowest BCUT2D eigenvalue weighted by Gasteiger charge is -2.45. The van der Waals surface area contributed by atoms with Gasteiger partial charge in [-0.3, -0.25) is 9.59 Å². The van der Waals surface area contributed by atoms with Crippen LogP contribution in [0.3, 0.4) is 0 Å². The molecule has 1 N–H and O–H groups in total. The summed E-state index contributed by atoms with van der Waals surface area (Å²) in [5.74, 6) is 0.618. The van der Waals surface area contributed by atoms with Gasteiger partial charge >= 0.3 is 0 Å². The maximum Gasteiger partial charge on any atom is 0.246 e. The number of nitrogens with one attached hydrogen (secondary N) is 1. The zero-order chi connectivity index (χ0) is 16.4. The molecule has 1 fully saturated rings. The second-order valence-electron chi connectivity index (χ2n) is 7.88. The molecule has 21 heavy (non-hydrogen) atoms. The molecule has 0 aromatic carbocycles. The minimum Gasteiger partial charge on any atom is -0.342 e. The maximum absolute atomic E-state index is 12.9. The van der Waals surface area contributed by atoms with E-state index in [2.05, 4.69) is 19.2 Å². The molecule has 0 aliphatic carbocycles. The van der Waals surface area contributed by atoms with E-state index in [0.29, 0.717) is 12.5 Å². The van der Waals surface area contributed by atoms with Gasteiger partial charge in [0, 0.05) is 6.54 Å². The average molecular weight is 296 g/mol. The average Bonchev–Trinajstić information content (AvgIpc) is 2.31. The SMILES string of the molecule is CCCC(C)CN1C(=O)C(C(C)(C)C)NC(=O)C1C(C)C. The second kappa shape index (κ2) is 6.80. The van der Waals surface area contributed by atoms with E-state index in [4.69, 9.17) is 0 Å². The summed E-state index contributed by atoms with van der Waals surface area (Å²) in [7, 11) is 0. The molecule has 0 radical (unpaired) electrons. The van der Waals surface area contributed by atoms with Crippen molar-refractivity contribution in [3.05, 3.63) is 0 Å². The van der Waals surface area contributed by atoms with Crippen LogP contribution >= 0.6 is 0 Å². The third-order valence-electron chi connectivity index (χ3n) is 4.21. The molecule has 0 aromatic rings. The predicted molar refractivity (Wildman–Crippen MR) is 85.8 cm³/mol. The lowest BCUT2D eigenvalue weighted by atomic mass is 9.82. The van der Waals surface area contributed by atoms with Gasteiger partial charge in [-0.1, -0.05) is 54.9 Å². The Morgan fingerprint density at radius 2 is 1.76 bits per heavy atom. The Morgan fingerprint density at radius 3 is 2.19 bits per heavy atom. The fourth-order valence-corrected chi connectivity index (χ4v) is 3.11. The molecule has 0 saturated carbocycles. The molecule has 3 unspecified atom stereocenters. The summed E-state index contributed by atoms with van der Waals surface area (Å²) in [6.07, 6.45) is 2.18. The van der Waals surface area contributed by atoms with Crippen LogP contribution in [-0.4, -0.2) is 35.3 Å². The smallest absolute Gasteiger partial charge is 0.246 e. The minimum atomic E-state index is -0.422. The first-order valence-corrected chi connectivity index (χ1v) is 8.20. The van der Waals surface area contributed by atoms with Crippen LogP contribution < -0.4 is 5.32 Å². The van der Waals surface area contributed by atoms with Gasteiger partial charge in [0.25, 0.3) is 0 Å². The quantitative estimate of drug-likeness (QED) is 0.848. The third-order valence-corrected chi connectivity index (χ3v) is 4.21. The van der Waals surface area contributed by atoms with Gasteiger partial charge in [-0.15, -0.1) is 0 Å². The van der Waals surface area contributed by atoms with Crippen LogP contribution in [0.2, 0.25) is 0 Å². The second-order valence-corrected chi connectivity index (χ2v) is 7.88. The Kier molecular flexibility index (Phi) is 5.83. The topological polar surface area (TPSA) is 49.4 Å². The van der Waals surface area contributed by atoms with E-state index in [9.17, 15) is 9.59 Å². The molecule has 4 nitrogen and oxygen atoms in total. The van der Waals surface area contributed by atoms with Gasteiger partial charge in [-0.05, 0) is 23.7 Å². The number of piperazine rings is 1. The molecule has 3 atom stereocenters. The van der Waals surface area contributed by atoms with Crippen LogP contribution in [0.4, 0.5) is 0 Å². The summed E-state index contributed by atoms with van der Waals surface area (Å²) < 4.78 is 0. The first-order chi connectivity index (χ1) is 9.59. The molecular weight excluding hydrogens is 264 g/mol. The van der Waals surface area contributed by atoms with Crippen molar-refractivity contribution in [1.82, 2.24) is 10.2 Å². The van der Waals surface area contributed by atoms with Crippen LogP contribution in [0.25, 0.3) is 0 Å². The van der Waals surface area contributed by atoms with Gasteiger partial charge in [0.15, 0.2) is 0 Å². The highest BCUT2D eigenvalue weighted by Crippen LogP contribution is 2.28. The van der Waals surface area contributed by atoms with Gasteiger partial charge < -0.3 is 10.2 Å². The molecule has 2 amide bonds. The number of rotatable bonds is 5. The van der Waals surface area contributed by atoms with Crippen molar-refractivity contribution in [2.75, 3.05) is 6.54 Å². The third kappa shape index (κ3) is 4.21. The lowest BCUT2D eigenvalue weighted by Crippen LogP contribution is -2.68. The number of hydrogen-bond acceptors (Lipinski definition) is 2. The van der Waals surface area contributed by atoms with Crippen LogP contribution in [-0.2, 0) is 9.59 Å². The first kappa shape index (κ1) is 18.0. The molecule has 0 spiro atoms. The molecule has 1 heterocycles. The molecule has 0 aromatic heterocycles. The molecule has 4 heteroatoms. The van der Waals surface area contributed by atoms with Crippen molar-refractivity contribution in [2.45, 2.75) is 73.4 Å². The van der Waals surface area contributed by atoms with Crippen LogP contribution in [0.15, 0.2) is 0 Å². The van der Waals surface area contributed by atoms with E-state index >= 15 is 0 Å². The fourth-order valence-electron chi connectivity index (χ4n) is 3.11. The molecule has 1 saturated heterocycles. The van der Waals surface area contributed by atoms with E-state index in [-0.39, 0.29) is 29.2 Å². The highest BCUT2D eigenvalue weighted by Gasteiger charge is 2.46. The lowest BCUT2D eigenvalue weighted by molar-refractivity contribution is -0.155. The van der Waals surface area contributed by atoms with Crippen LogP contribution in [0.5, 0.6) is 0 Å². The summed E-state index contributed by atoms with van der Waals surface area (Å²) in [5, 5.41) is 2.94. The summed E-state index contributed by atoms with van der Waals surface area (Å²) in [6, 6.07) is -0.760. The van der Waals surface area contributed by atoms with Crippen molar-refractivity contribution >= 4 is 11.8 Å². The van der Waals surface area contributed by atoms with E-state index < -0.39 is 6.04 Å². The highest BCUT2D eigenvalue weighted by molar-refractivity contribution is 5.97. The summed E-state index contributed by atoms with van der Waals surface area (Å²) in [5.41, 5.74) is -0.263. The molecule has 1 aliphatic rings. The Morgan fingerprint density at radius 1 is 1.19 bits per heavy atom. The Bertz CT molecular complexity index is 385. The molecular formula is C17H32N2O2. The molecule has 0 bridgehead atoms. The van der Waals surface area contributed by atoms with Crippen molar-refractivity contribution in [2.24, 2.45) is 17.3 Å². The minimum absolute atomic E-state index is 0.00627. The van der Waals surface area contributed by atoms with Crippen molar-refractivity contribution in [1.29, 1.82) is 0 Å². The van der Waals surface area contributed by atoms with Crippen LogP contribution in [0, 0.1) is 17.3 Å². The summed E-state index contributed by atoms with van der Waals surface area (Å²) in [6.45, 7) is 15.0. The zero-order valence-electron chi connectivity index (χ0n) is 14.7. The van der Waals surface area contributed by atoms with Crippen molar-refractivity contribution in [3.63, 3.8) is 0 Å². The summed E-state index contributed by atoms with van der Waals surface area (Å²) >= 11 is 0. The van der Waals surface area contributed by atoms with E-state index in [1.165, 1.54) is 0 Å². The maximum atomic E-state index is 12.9. The number of carbonyl (C=O) groups is 2. The largest absolute Gasteiger partial charge is 0.342 e. The van der Waals surface area contributed by atoms with Crippen LogP contribution in [0.1, 0.15) is 61.3 Å². The molecule has 1 rings (SSSR count). The van der Waals surface area contributed by atoms with Gasteiger partial charge in [-0.2, -0.15) is 0 Å². The van der Waals surface area contributed by atoms with Gasteiger partial charge in [0.1, 0.15) is 12.1 Å². The molecule has 122 valence electrons. The van der Waals surface area contributed by atoms with Crippen molar-refractivity contribution < 1.29 is 9.59 Å². The summed E-state index contributed by atoms with van der Waals surface area (Å²) in [4.78, 5) is 27.2. The predicted octanol–water partition coefficient (Wildman–Crippen LogP) is 2.82. The van der Waals surface area contributed by atoms with E-state index in [0.717, 1.165) is 12.8 Å². The number of hydrogen-bond donors (Lipinski definition) is 1. The number of carbonyl (C=O) groups excluding carboxylic acids is 2. The van der Waals surface area contributed by atoms with Gasteiger partial charge in [-0.25, -0.2) is 0 Å². The standard InChI is InChI=1S/C17H32N2O2/c1-8-9-12(4)10-19-13(11(2)3)15(20)18-14(16(19)21)17(5,6)7/h11-14H,8-10H2,1-7H3,(H,18,20). The van der Waals surface area contributed by atoms with Crippen molar-refractivity contribution in [3.8, 4) is 0 Å². The highest BCUT2D eigenvalue weighted by atomic mass is 16.2.